The highest BCUT2D eigenvalue weighted by Crippen LogP contribution is 2.35. The molecule has 4 rings (SSSR count). The van der Waals surface area contributed by atoms with E-state index in [0.717, 1.165) is 5.56 Å². The Morgan fingerprint density at radius 2 is 2.04 bits per heavy atom. The Morgan fingerprint density at radius 3 is 2.86 bits per heavy atom. The van der Waals surface area contributed by atoms with Gasteiger partial charge in [-0.15, -0.1) is 0 Å². The van der Waals surface area contributed by atoms with Gasteiger partial charge < -0.3 is 19.5 Å². The number of benzene rings is 2. The van der Waals surface area contributed by atoms with Crippen molar-refractivity contribution in [1.29, 1.82) is 0 Å². The molecule has 0 saturated carbocycles. The molecule has 142 valence electrons. The molecule has 8 nitrogen and oxygen atoms in total. The van der Waals surface area contributed by atoms with Crippen LogP contribution in [0.1, 0.15) is 0 Å². The van der Waals surface area contributed by atoms with Gasteiger partial charge >= 0.3 is 0 Å². The summed E-state index contributed by atoms with van der Waals surface area (Å²) in [5.41, 5.74) is 1.48. The predicted octanol–water partition coefficient (Wildman–Crippen LogP) is 2.29. The van der Waals surface area contributed by atoms with Gasteiger partial charge in [-0.1, -0.05) is 6.07 Å². The van der Waals surface area contributed by atoms with Gasteiger partial charge in [0.25, 0.3) is 5.56 Å². The highest BCUT2D eigenvalue weighted by atomic mass is 16.7. The van der Waals surface area contributed by atoms with Gasteiger partial charge in [0.05, 0.1) is 19.1 Å². The summed E-state index contributed by atoms with van der Waals surface area (Å²) in [6.45, 7) is 0.0284. The van der Waals surface area contributed by atoms with Crippen LogP contribution in [-0.4, -0.2) is 29.4 Å². The number of amides is 1. The first-order valence-corrected chi connectivity index (χ1v) is 8.53. The number of ether oxygens (including phenoxy) is 3. The lowest BCUT2D eigenvalue weighted by atomic mass is 10.1. The molecule has 1 aromatic heterocycles. The Labute approximate surface area is 160 Å². The summed E-state index contributed by atoms with van der Waals surface area (Å²) in [6, 6.07) is 13.7. The van der Waals surface area contributed by atoms with Crippen LogP contribution in [0.15, 0.2) is 59.7 Å². The van der Waals surface area contributed by atoms with Crippen LogP contribution in [0.2, 0.25) is 0 Å². The molecule has 0 unspecified atom stereocenters. The van der Waals surface area contributed by atoms with Crippen molar-refractivity contribution in [2.24, 2.45) is 0 Å². The smallest absolute Gasteiger partial charge is 0.254 e. The van der Waals surface area contributed by atoms with E-state index in [1.165, 1.54) is 17.0 Å². The fourth-order valence-corrected chi connectivity index (χ4v) is 2.81. The number of nitrogens with one attached hydrogen (secondary N) is 1. The normalized spacial score (nSPS) is 11.9. The van der Waals surface area contributed by atoms with E-state index in [-0.39, 0.29) is 24.8 Å². The van der Waals surface area contributed by atoms with E-state index in [1.807, 2.05) is 0 Å². The standard InChI is InChI=1S/C20H17N3O5/c1-26-15-4-2-3-14(8-15)22-19(24)10-23-11-21-16(9-20(23)25)13-5-6-17-18(7-13)28-12-27-17/h2-9,11H,10,12H2,1H3,(H,22,24). The fraction of sp³-hybridized carbons (Fsp3) is 0.150. The molecule has 2 heterocycles. The van der Waals surface area contributed by atoms with Crippen molar-refractivity contribution < 1.29 is 19.0 Å². The molecule has 1 N–H and O–H groups in total. The van der Waals surface area contributed by atoms with Crippen molar-refractivity contribution in [3.8, 4) is 28.5 Å². The molecule has 0 saturated heterocycles. The first-order valence-electron chi connectivity index (χ1n) is 8.53. The maximum absolute atomic E-state index is 12.4. The average molecular weight is 379 g/mol. The summed E-state index contributed by atoms with van der Waals surface area (Å²) in [5.74, 6) is 1.56. The monoisotopic (exact) mass is 379 g/mol. The van der Waals surface area contributed by atoms with E-state index < -0.39 is 0 Å². The lowest BCUT2D eigenvalue weighted by Gasteiger charge is -2.09. The number of aromatic nitrogens is 2. The van der Waals surface area contributed by atoms with Crippen molar-refractivity contribution in [2.75, 3.05) is 19.2 Å². The van der Waals surface area contributed by atoms with E-state index >= 15 is 0 Å². The molecule has 3 aromatic rings. The predicted molar refractivity (Wildman–Crippen MR) is 102 cm³/mol. The minimum absolute atomic E-state index is 0.148. The first-order chi connectivity index (χ1) is 13.6. The second-order valence-electron chi connectivity index (χ2n) is 6.09. The Morgan fingerprint density at radius 1 is 1.18 bits per heavy atom. The fourth-order valence-electron chi connectivity index (χ4n) is 2.81. The van der Waals surface area contributed by atoms with Crippen LogP contribution in [-0.2, 0) is 11.3 Å². The largest absolute Gasteiger partial charge is 0.497 e. The topological polar surface area (TPSA) is 91.7 Å². The van der Waals surface area contributed by atoms with Crippen LogP contribution in [0.4, 0.5) is 5.69 Å². The molecule has 0 spiro atoms. The molecule has 0 bridgehead atoms. The number of rotatable bonds is 5. The van der Waals surface area contributed by atoms with Crippen LogP contribution < -0.4 is 25.1 Å². The van der Waals surface area contributed by atoms with Gasteiger partial charge in [0.1, 0.15) is 12.3 Å². The summed E-state index contributed by atoms with van der Waals surface area (Å²) >= 11 is 0. The van der Waals surface area contributed by atoms with Crippen LogP contribution in [0.5, 0.6) is 17.2 Å². The number of methoxy groups -OCH3 is 1. The summed E-state index contributed by atoms with van der Waals surface area (Å²) in [6.07, 6.45) is 1.35. The first kappa shape index (κ1) is 17.6. The SMILES string of the molecule is COc1cccc(NC(=O)Cn2cnc(-c3ccc4c(c3)OCO4)cc2=O)c1. The molecule has 1 aliphatic heterocycles. The number of hydrogen-bond donors (Lipinski definition) is 1. The number of fused-ring (bicyclic) bond motifs is 1. The van der Waals surface area contributed by atoms with Gasteiger partial charge in [-0.25, -0.2) is 4.98 Å². The zero-order valence-electron chi connectivity index (χ0n) is 15.0. The van der Waals surface area contributed by atoms with Gasteiger partial charge in [-0.3, -0.25) is 14.2 Å². The average Bonchev–Trinajstić information content (AvgIpc) is 3.17. The highest BCUT2D eigenvalue weighted by Gasteiger charge is 2.15. The Kier molecular flexibility index (Phi) is 4.67. The zero-order chi connectivity index (χ0) is 19.5. The molecule has 0 fully saturated rings. The number of anilines is 1. The zero-order valence-corrected chi connectivity index (χ0v) is 15.0. The second-order valence-corrected chi connectivity index (χ2v) is 6.09. The molecule has 1 aliphatic rings. The molecular formula is C20H17N3O5. The molecule has 28 heavy (non-hydrogen) atoms. The van der Waals surface area contributed by atoms with E-state index in [1.54, 1.807) is 49.6 Å². The quantitative estimate of drug-likeness (QED) is 0.731. The minimum Gasteiger partial charge on any atom is -0.497 e. The van der Waals surface area contributed by atoms with E-state index in [0.29, 0.717) is 28.6 Å². The Balaban J connectivity index is 1.48. The van der Waals surface area contributed by atoms with E-state index in [4.69, 9.17) is 14.2 Å². The van der Waals surface area contributed by atoms with Gasteiger partial charge in [0, 0.05) is 23.4 Å². The second kappa shape index (κ2) is 7.43. The molecule has 0 atom stereocenters. The van der Waals surface area contributed by atoms with Crippen molar-refractivity contribution in [1.82, 2.24) is 9.55 Å². The summed E-state index contributed by atoms with van der Waals surface area (Å²) in [4.78, 5) is 28.9. The van der Waals surface area contributed by atoms with Crippen LogP contribution >= 0.6 is 0 Å². The molecule has 0 radical (unpaired) electrons. The molecule has 2 aromatic carbocycles. The van der Waals surface area contributed by atoms with Crippen molar-refractivity contribution >= 4 is 11.6 Å². The van der Waals surface area contributed by atoms with E-state index in [2.05, 4.69) is 10.3 Å². The third-order valence-electron chi connectivity index (χ3n) is 4.22. The van der Waals surface area contributed by atoms with Gasteiger partial charge in [-0.05, 0) is 30.3 Å². The van der Waals surface area contributed by atoms with E-state index in [9.17, 15) is 9.59 Å². The summed E-state index contributed by atoms with van der Waals surface area (Å²) in [7, 11) is 1.55. The van der Waals surface area contributed by atoms with Crippen molar-refractivity contribution in [3.63, 3.8) is 0 Å². The number of nitrogens with zero attached hydrogens (tertiary/aromatic N) is 2. The van der Waals surface area contributed by atoms with Crippen LogP contribution in [0, 0.1) is 0 Å². The van der Waals surface area contributed by atoms with Gasteiger partial charge in [0.15, 0.2) is 11.5 Å². The molecular weight excluding hydrogens is 362 g/mol. The third-order valence-corrected chi connectivity index (χ3v) is 4.22. The third kappa shape index (κ3) is 3.66. The number of carbonyl (C=O) groups excluding carboxylic acids is 1. The lowest BCUT2D eigenvalue weighted by Crippen LogP contribution is -2.27. The minimum atomic E-state index is -0.340. The maximum atomic E-state index is 12.4. The van der Waals surface area contributed by atoms with Crippen molar-refractivity contribution in [2.45, 2.75) is 6.54 Å². The highest BCUT2D eigenvalue weighted by molar-refractivity contribution is 5.90. The molecule has 8 heteroatoms. The van der Waals surface area contributed by atoms with Crippen LogP contribution in [0.25, 0.3) is 11.3 Å². The summed E-state index contributed by atoms with van der Waals surface area (Å²) < 4.78 is 17.0. The summed E-state index contributed by atoms with van der Waals surface area (Å²) in [5, 5.41) is 2.73. The number of hydrogen-bond acceptors (Lipinski definition) is 6. The molecule has 0 aliphatic carbocycles. The van der Waals surface area contributed by atoms with Crippen LogP contribution in [0.3, 0.4) is 0 Å². The molecule has 1 amide bonds. The Bertz CT molecular complexity index is 1090. The van der Waals surface area contributed by atoms with Gasteiger partial charge in [-0.2, -0.15) is 0 Å². The lowest BCUT2D eigenvalue weighted by molar-refractivity contribution is -0.116. The van der Waals surface area contributed by atoms with Crippen molar-refractivity contribution in [3.05, 3.63) is 65.2 Å². The Hall–Kier alpha value is -3.81. The maximum Gasteiger partial charge on any atom is 0.254 e. The van der Waals surface area contributed by atoms with Gasteiger partial charge in [0.2, 0.25) is 12.7 Å². The number of carbonyl (C=O) groups is 1.